The molecule has 0 atom stereocenters. The normalized spacial score (nSPS) is 16.3. The molecular formula is C17H29N3O2S. The summed E-state index contributed by atoms with van der Waals surface area (Å²) in [6.45, 7) is 8.23. The third-order valence-corrected chi connectivity index (χ3v) is 5.58. The molecule has 1 amide bonds. The van der Waals surface area contributed by atoms with Gasteiger partial charge in [0, 0.05) is 30.7 Å². The van der Waals surface area contributed by atoms with Crippen LogP contribution in [0.4, 0.5) is 0 Å². The molecule has 130 valence electrons. The Kier molecular flexibility index (Phi) is 6.84. The topological polar surface area (TPSA) is 45.5 Å². The highest BCUT2D eigenvalue weighted by Gasteiger charge is 2.24. The first-order valence-electron chi connectivity index (χ1n) is 8.62. The van der Waals surface area contributed by atoms with Gasteiger partial charge in [-0.1, -0.05) is 24.7 Å². The van der Waals surface area contributed by atoms with Crippen LogP contribution < -0.4 is 4.87 Å². The van der Waals surface area contributed by atoms with Crippen molar-refractivity contribution in [3.05, 3.63) is 20.7 Å². The second-order valence-electron chi connectivity index (χ2n) is 6.67. The average Bonchev–Trinajstić information content (AvgIpc) is 2.85. The predicted octanol–water partition coefficient (Wildman–Crippen LogP) is 2.19. The van der Waals surface area contributed by atoms with Gasteiger partial charge in [-0.3, -0.25) is 14.2 Å². The summed E-state index contributed by atoms with van der Waals surface area (Å²) in [4.78, 5) is 28.4. The fourth-order valence-electron chi connectivity index (χ4n) is 3.16. The maximum atomic E-state index is 12.4. The van der Waals surface area contributed by atoms with Crippen molar-refractivity contribution in [3.63, 3.8) is 0 Å². The second kappa shape index (κ2) is 8.64. The molecule has 0 bridgehead atoms. The van der Waals surface area contributed by atoms with Crippen LogP contribution in [0.1, 0.15) is 38.3 Å². The number of aromatic nitrogens is 1. The van der Waals surface area contributed by atoms with Crippen molar-refractivity contribution in [1.82, 2.24) is 14.4 Å². The van der Waals surface area contributed by atoms with Crippen molar-refractivity contribution in [2.24, 2.45) is 5.92 Å². The van der Waals surface area contributed by atoms with Gasteiger partial charge in [0.15, 0.2) is 0 Å². The number of thiazole rings is 1. The number of carbonyl (C=O) groups excluding carboxylic acids is 1. The first-order chi connectivity index (χ1) is 11.0. The van der Waals surface area contributed by atoms with E-state index >= 15 is 0 Å². The van der Waals surface area contributed by atoms with Gasteiger partial charge >= 0.3 is 4.87 Å². The Morgan fingerprint density at radius 2 is 2.09 bits per heavy atom. The summed E-state index contributed by atoms with van der Waals surface area (Å²) in [5.74, 6) is 0.762. The molecule has 0 saturated carbocycles. The van der Waals surface area contributed by atoms with Crippen LogP contribution in [0.25, 0.3) is 0 Å². The van der Waals surface area contributed by atoms with Gasteiger partial charge in [-0.25, -0.2) is 0 Å². The number of rotatable bonds is 7. The minimum Gasteiger partial charge on any atom is -0.341 e. The zero-order valence-corrected chi connectivity index (χ0v) is 15.4. The molecular weight excluding hydrogens is 310 g/mol. The van der Waals surface area contributed by atoms with Crippen molar-refractivity contribution in [3.8, 4) is 0 Å². The lowest BCUT2D eigenvalue weighted by molar-refractivity contribution is -0.133. The smallest absolute Gasteiger partial charge is 0.307 e. The van der Waals surface area contributed by atoms with Gasteiger partial charge in [0.05, 0.1) is 0 Å². The molecule has 1 aromatic rings. The molecule has 0 aliphatic carbocycles. The number of amides is 1. The quantitative estimate of drug-likeness (QED) is 0.765. The molecule has 0 aromatic carbocycles. The Bertz CT molecular complexity index is 558. The summed E-state index contributed by atoms with van der Waals surface area (Å²) in [5.41, 5.74) is 0.876. The molecule has 1 aliphatic rings. The van der Waals surface area contributed by atoms with Crippen LogP contribution in [0.2, 0.25) is 0 Å². The van der Waals surface area contributed by atoms with Gasteiger partial charge in [-0.2, -0.15) is 0 Å². The Morgan fingerprint density at radius 3 is 2.65 bits per heavy atom. The number of unbranched alkanes of at least 4 members (excludes halogenated alkanes) is 1. The van der Waals surface area contributed by atoms with Crippen LogP contribution >= 0.6 is 11.3 Å². The maximum Gasteiger partial charge on any atom is 0.307 e. The maximum absolute atomic E-state index is 12.4. The molecule has 2 rings (SSSR count). The average molecular weight is 340 g/mol. The van der Waals surface area contributed by atoms with Gasteiger partial charge in [0.25, 0.3) is 0 Å². The van der Waals surface area contributed by atoms with E-state index in [0.29, 0.717) is 5.92 Å². The lowest BCUT2D eigenvalue weighted by Gasteiger charge is -2.34. The van der Waals surface area contributed by atoms with E-state index in [1.807, 2.05) is 17.2 Å². The summed E-state index contributed by atoms with van der Waals surface area (Å²) in [5, 5.41) is 1.81. The largest absolute Gasteiger partial charge is 0.341 e. The Hall–Kier alpha value is -1.14. The summed E-state index contributed by atoms with van der Waals surface area (Å²) in [7, 11) is 2.19. The number of aryl methyl sites for hydroxylation is 1. The molecule has 5 nitrogen and oxygen atoms in total. The molecule has 1 aliphatic heterocycles. The third kappa shape index (κ3) is 5.18. The molecule has 1 saturated heterocycles. The molecule has 23 heavy (non-hydrogen) atoms. The predicted molar refractivity (Wildman–Crippen MR) is 95.0 cm³/mol. The van der Waals surface area contributed by atoms with Crippen LogP contribution in [0.5, 0.6) is 0 Å². The number of hydrogen-bond acceptors (Lipinski definition) is 4. The Morgan fingerprint density at radius 1 is 1.39 bits per heavy atom. The summed E-state index contributed by atoms with van der Waals surface area (Å²) < 4.78 is 1.58. The highest BCUT2D eigenvalue weighted by Crippen LogP contribution is 2.18. The van der Waals surface area contributed by atoms with Crippen LogP contribution in [0.15, 0.2) is 10.2 Å². The minimum atomic E-state index is -0.0386. The number of carbonyl (C=O) groups is 1. The van der Waals surface area contributed by atoms with Crippen LogP contribution in [0.3, 0.4) is 0 Å². The first kappa shape index (κ1) is 18.2. The zero-order chi connectivity index (χ0) is 16.8. The van der Waals surface area contributed by atoms with Crippen molar-refractivity contribution in [2.75, 3.05) is 33.2 Å². The van der Waals surface area contributed by atoms with Crippen LogP contribution in [0, 0.1) is 12.8 Å². The lowest BCUT2D eigenvalue weighted by atomic mass is 9.96. The zero-order valence-electron chi connectivity index (χ0n) is 14.6. The number of piperidine rings is 1. The van der Waals surface area contributed by atoms with E-state index < -0.39 is 0 Å². The number of nitrogens with zero attached hydrogens (tertiary/aromatic N) is 3. The van der Waals surface area contributed by atoms with E-state index in [1.165, 1.54) is 12.8 Å². The highest BCUT2D eigenvalue weighted by atomic mass is 32.1. The van der Waals surface area contributed by atoms with Crippen molar-refractivity contribution in [1.29, 1.82) is 0 Å². The molecule has 0 unspecified atom stereocenters. The Balaban J connectivity index is 1.78. The van der Waals surface area contributed by atoms with E-state index in [9.17, 15) is 9.59 Å². The van der Waals surface area contributed by atoms with Crippen LogP contribution in [-0.4, -0.2) is 53.5 Å². The SMILES string of the molecule is CCCCN(C)CC1CCN(C(=O)Cn2c(C)csc2=O)CC1. The molecule has 0 radical (unpaired) electrons. The number of hydrogen-bond donors (Lipinski definition) is 0. The minimum absolute atomic E-state index is 0.0386. The fourth-order valence-corrected chi connectivity index (χ4v) is 3.89. The lowest BCUT2D eigenvalue weighted by Crippen LogP contribution is -2.43. The molecule has 2 heterocycles. The molecule has 0 N–H and O–H groups in total. The van der Waals surface area contributed by atoms with Crippen molar-refractivity contribution < 1.29 is 4.79 Å². The van der Waals surface area contributed by atoms with E-state index in [-0.39, 0.29) is 17.3 Å². The standard InChI is InChI=1S/C17H29N3O2S/c1-4-5-8-18(3)11-15-6-9-19(10-7-15)16(21)12-20-14(2)13-23-17(20)22/h13,15H,4-12H2,1-3H3. The van der Waals surface area contributed by atoms with Crippen molar-refractivity contribution >= 4 is 17.2 Å². The first-order valence-corrected chi connectivity index (χ1v) is 9.50. The van der Waals surface area contributed by atoms with E-state index in [1.54, 1.807) is 4.57 Å². The molecule has 1 aromatic heterocycles. The van der Waals surface area contributed by atoms with Crippen LogP contribution in [-0.2, 0) is 11.3 Å². The molecule has 6 heteroatoms. The van der Waals surface area contributed by atoms with Gasteiger partial charge < -0.3 is 9.80 Å². The molecule has 1 fully saturated rings. The Labute approximate surface area is 142 Å². The van der Waals surface area contributed by atoms with Crippen molar-refractivity contribution in [2.45, 2.75) is 46.1 Å². The molecule has 0 spiro atoms. The highest BCUT2D eigenvalue weighted by molar-refractivity contribution is 7.07. The van der Waals surface area contributed by atoms with E-state index in [4.69, 9.17) is 0 Å². The number of likely N-dealkylation sites (tertiary alicyclic amines) is 1. The van der Waals surface area contributed by atoms with Gasteiger partial charge in [-0.05, 0) is 45.7 Å². The summed E-state index contributed by atoms with van der Waals surface area (Å²) >= 11 is 1.16. The van der Waals surface area contributed by atoms with Gasteiger partial charge in [0.2, 0.25) is 5.91 Å². The van der Waals surface area contributed by atoms with Gasteiger partial charge in [0.1, 0.15) is 6.54 Å². The van der Waals surface area contributed by atoms with Gasteiger partial charge in [-0.15, -0.1) is 0 Å². The fraction of sp³-hybridized carbons (Fsp3) is 0.765. The van der Waals surface area contributed by atoms with E-state index in [2.05, 4.69) is 18.9 Å². The van der Waals surface area contributed by atoms with E-state index in [0.717, 1.165) is 56.1 Å². The third-order valence-electron chi connectivity index (χ3n) is 4.70. The monoisotopic (exact) mass is 339 g/mol. The summed E-state index contributed by atoms with van der Waals surface area (Å²) in [6.07, 6.45) is 4.63. The second-order valence-corrected chi connectivity index (χ2v) is 7.49. The summed E-state index contributed by atoms with van der Waals surface area (Å²) in [6, 6.07) is 0.